The van der Waals surface area contributed by atoms with Crippen molar-refractivity contribution in [3.8, 4) is 34.8 Å². The number of ether oxygens (including phenoxy) is 4. The van der Waals surface area contributed by atoms with E-state index in [2.05, 4.69) is 44.2 Å². The smallest absolute Gasteiger partial charge is 0.469 e. The predicted octanol–water partition coefficient (Wildman–Crippen LogP) is 4.17. The average molecular weight is 1580 g/mol. The molecule has 8 N–H and O–H groups in total. The molecule has 408 valence electrons. The molecule has 0 heterocycles. The van der Waals surface area contributed by atoms with Gasteiger partial charge in [-0.2, -0.15) is 0 Å². The summed E-state index contributed by atoms with van der Waals surface area (Å²) in [6, 6.07) is 17.3. The van der Waals surface area contributed by atoms with E-state index in [1.54, 1.807) is 0 Å². The maximum atomic E-state index is 14.6. The Hall–Kier alpha value is -9.19. The normalized spacial score (nSPS) is 16.8. The summed E-state index contributed by atoms with van der Waals surface area (Å²) in [6.45, 7) is -2.71. The maximum Gasteiger partial charge on any atom is 0.469 e. The molecule has 4 amide bonds. The van der Waals surface area contributed by atoms with Crippen molar-refractivity contribution >= 4 is 76.7 Å². The molecule has 3 aromatic carbocycles. The predicted molar refractivity (Wildman–Crippen MR) is 264 cm³/mol. The number of benzene rings is 3. The molecule has 6 rings (SSSR count). The van der Waals surface area contributed by atoms with E-state index in [9.17, 15) is 48.6 Å². The molecule has 23 nitrogen and oxygen atoms in total. The number of allylic oxidation sites excluding steroid dienone is 3. The standard InChI is InChI=1S/C47H47N6O17PS2.2Fm/c48-20-21-50-44(58)69-39-15-3-1-2-8-18-47(19-9-14-35(39)42(47)56)70-46(60)52(23-25-66-28-41(54)55)38-26-30(53(61)62)16-17-40(38)73-72-29-37(43(57)49-22-24-68-71(63,64)65)51-45(59)67-27-36-33-12-6-4-10-31(33)32-11-5-7-13-34(32)36;;/h1-2,4-7,10-14,16-17,26,36-37,39H,9,19-25,27-29,48H2,(H,49,57)(H,50,58)(H,51,59)(H,54,55)(H2,63,64,65);;/b2-1-;;. The van der Waals surface area contributed by atoms with Gasteiger partial charge in [-0.05, 0) is 58.7 Å². The number of carboxylic acids is 1. The van der Waals surface area contributed by atoms with Gasteiger partial charge in [-0.15, -0.1) is 0 Å². The van der Waals surface area contributed by atoms with Crippen LogP contribution >= 0.6 is 29.4 Å². The number of aliphatic carboxylic acids is 1. The Morgan fingerprint density at radius 2 is 1.65 bits per heavy atom. The second-order valence-corrected chi connectivity index (χ2v) is 19.2. The third-order valence-electron chi connectivity index (χ3n) is 10.8. The Morgan fingerprint density at radius 1 is 0.960 bits per heavy atom. The number of nitrogens with one attached hydrogen (secondary N) is 3. The van der Waals surface area contributed by atoms with Crippen LogP contribution < -0.4 is 26.6 Å². The topological polar surface area (TPSA) is 335 Å². The molecule has 0 fully saturated rings. The van der Waals surface area contributed by atoms with Crippen molar-refractivity contribution in [2.24, 2.45) is 5.73 Å². The van der Waals surface area contributed by atoms with Crippen LogP contribution in [0.25, 0.3) is 11.1 Å². The summed E-state index contributed by atoms with van der Waals surface area (Å²) in [4.78, 5) is 111. The number of hydrogen-bond acceptors (Lipinski definition) is 17. The third kappa shape index (κ3) is 15.7. The molecule has 0 saturated carbocycles. The molecule has 3 aliphatic carbocycles. The fourth-order valence-corrected chi connectivity index (χ4v) is 10.2. The van der Waals surface area contributed by atoms with Crippen molar-refractivity contribution in [1.82, 2.24) is 16.0 Å². The van der Waals surface area contributed by atoms with Crippen LogP contribution in [0, 0.1) is 33.8 Å². The minimum Gasteiger partial charge on any atom is -0.480 e. The van der Waals surface area contributed by atoms with Crippen LogP contribution in [-0.2, 0) is 42.4 Å². The summed E-state index contributed by atoms with van der Waals surface area (Å²) in [6.07, 6.45) is -0.704. The number of nitro benzene ring substituents is 1. The zero-order chi connectivity index (χ0) is 52.5. The SMILES string of the molecule is NCCNC(=O)OC1C#C/C=C\C#CC2(OC(=O)N(CCOCC(=O)O)c3cc([N+](=O)[O-])ccc3SSCC(NC(=O)OCC3c4ccccc4-c4ccccc43)C(=O)NCCOP(=O)(O)O)CCC=C1C2=O.[Fm].[Fm]. The minimum absolute atomic E-state index is 0. The molecule has 3 unspecified atom stereocenters. The van der Waals surface area contributed by atoms with E-state index < -0.39 is 98.5 Å². The van der Waals surface area contributed by atoms with E-state index in [4.69, 9.17) is 34.5 Å². The quantitative estimate of drug-likeness (QED) is 0.0133. The Bertz CT molecular complexity index is 2820. The van der Waals surface area contributed by atoms with E-state index >= 15 is 0 Å². The van der Waals surface area contributed by atoms with Gasteiger partial charge in [-0.3, -0.25) is 29.1 Å². The number of fused-ring (bicyclic) bond motifs is 5. The van der Waals surface area contributed by atoms with Gasteiger partial charge in [-0.1, -0.05) is 88.0 Å². The van der Waals surface area contributed by atoms with Crippen LogP contribution in [0.4, 0.5) is 25.8 Å². The third-order valence-corrected chi connectivity index (χ3v) is 13.7. The van der Waals surface area contributed by atoms with E-state index in [0.717, 1.165) is 60.9 Å². The fraction of sp³-hybridized carbons (Fsp3) is 0.319. The monoisotopic (exact) mass is 1580 g/mol. The van der Waals surface area contributed by atoms with Crippen molar-refractivity contribution in [1.29, 1.82) is 0 Å². The number of anilines is 1. The number of nitrogens with zero attached hydrogens (tertiary/aromatic N) is 2. The van der Waals surface area contributed by atoms with Gasteiger partial charge in [0.05, 0.1) is 30.4 Å². The second-order valence-electron chi connectivity index (χ2n) is 15.6. The summed E-state index contributed by atoms with van der Waals surface area (Å²) in [5.41, 5.74) is 6.21. The minimum atomic E-state index is -4.89. The summed E-state index contributed by atoms with van der Waals surface area (Å²) in [5, 5.41) is 28.8. The van der Waals surface area contributed by atoms with Gasteiger partial charge in [0.15, 0.2) is 6.10 Å². The number of Topliss-reactive ketones (excluding diaryl/α,β-unsaturated/α-hetero) is 1. The number of nitro groups is 1. The number of phosphoric acid groups is 1. The van der Waals surface area contributed by atoms with Crippen molar-refractivity contribution in [2.45, 2.75) is 41.4 Å². The number of nitrogens with two attached hydrogens (primary N) is 1. The largest absolute Gasteiger partial charge is 0.480 e. The van der Waals surface area contributed by atoms with E-state index in [-0.39, 0.29) is 66.9 Å². The number of ketones is 1. The first-order valence-electron chi connectivity index (χ1n) is 22.1. The zero-order valence-corrected chi connectivity index (χ0v) is 46.3. The summed E-state index contributed by atoms with van der Waals surface area (Å²) < 4.78 is 38.0. The van der Waals surface area contributed by atoms with Crippen LogP contribution in [0.15, 0.2) is 95.4 Å². The number of carboxylic acid groups (broad SMARTS) is 1. The Balaban J connectivity index is 0.00000608. The fourth-order valence-electron chi connectivity index (χ4n) is 7.52. The first-order valence-corrected chi connectivity index (χ1v) is 25.9. The van der Waals surface area contributed by atoms with Gasteiger partial charge in [0.1, 0.15) is 19.3 Å². The number of phosphoric ester groups is 1. The van der Waals surface area contributed by atoms with Crippen LogP contribution in [0.5, 0.6) is 0 Å². The number of carbonyl (C=O) groups excluding carboxylic acids is 5. The van der Waals surface area contributed by atoms with Crippen LogP contribution in [0.1, 0.15) is 29.9 Å². The molecular formula is C47H47Fm2N6O17PS2. The molecule has 0 aromatic heterocycles. The van der Waals surface area contributed by atoms with Crippen molar-refractivity contribution in [3.63, 3.8) is 0 Å². The van der Waals surface area contributed by atoms with Crippen LogP contribution in [0.2, 0.25) is 0 Å². The molecular weight excluding hydrogens is 1530 g/mol. The van der Waals surface area contributed by atoms with Crippen molar-refractivity contribution in [2.75, 3.05) is 63.3 Å². The van der Waals surface area contributed by atoms with Crippen LogP contribution in [-0.4, -0.2) is 132 Å². The summed E-state index contributed by atoms with van der Waals surface area (Å²) in [7, 11) is -3.08. The Kier molecular flexibility index (Phi) is 21.0. The molecule has 75 heavy (non-hydrogen) atoms. The van der Waals surface area contributed by atoms with Gasteiger partial charge < -0.3 is 55.5 Å². The second kappa shape index (κ2) is 27.0. The van der Waals surface area contributed by atoms with Gasteiger partial charge in [0, 0.05) is 60.3 Å². The molecule has 3 aliphatic rings. The molecule has 2 bridgehead atoms. The molecule has 3 atom stereocenters. The summed E-state index contributed by atoms with van der Waals surface area (Å²) in [5.74, 6) is 7.05. The molecule has 0 radical (unpaired) electrons. The number of carbonyl (C=O) groups is 6. The molecule has 0 aliphatic heterocycles. The van der Waals surface area contributed by atoms with Crippen molar-refractivity contribution in [3.05, 3.63) is 112 Å². The number of non-ortho nitro benzene ring substituents is 1. The zero-order valence-electron chi connectivity index (χ0n) is 39.0. The van der Waals surface area contributed by atoms with Gasteiger partial charge in [0.25, 0.3) is 5.69 Å². The Morgan fingerprint density at radius 3 is 2.32 bits per heavy atom. The Labute approximate surface area is 424 Å². The van der Waals surface area contributed by atoms with Gasteiger partial charge in [0.2, 0.25) is 17.3 Å². The van der Waals surface area contributed by atoms with Crippen LogP contribution in [0.3, 0.4) is 0 Å². The average Bonchev–Trinajstić information content (AvgIpc) is 3.67. The first-order chi connectivity index (χ1) is 35.0. The van der Waals surface area contributed by atoms with Gasteiger partial charge in [-0.25, -0.2) is 23.7 Å². The number of amides is 4. The number of alkyl carbamates (subject to hydrolysis) is 2. The molecule has 28 heteroatoms. The van der Waals surface area contributed by atoms with Crippen molar-refractivity contribution < 1.29 is 76.6 Å². The van der Waals surface area contributed by atoms with Gasteiger partial charge >= 0.3 is 32.1 Å². The van der Waals surface area contributed by atoms with E-state index in [0.29, 0.717) is 0 Å². The molecule has 0 saturated heterocycles. The molecule has 0 spiro atoms. The summed E-state index contributed by atoms with van der Waals surface area (Å²) >= 11 is 0. The number of hydrogen-bond donors (Lipinski definition) is 7. The van der Waals surface area contributed by atoms with E-state index in [1.165, 1.54) is 24.3 Å². The van der Waals surface area contributed by atoms with E-state index in [1.807, 2.05) is 48.5 Å². The number of rotatable bonds is 23. The first kappa shape index (κ1) is 58.4. The maximum absolute atomic E-state index is 14.6. The molecule has 3 aromatic rings.